The highest BCUT2D eigenvalue weighted by molar-refractivity contribution is 5.79. The Kier molecular flexibility index (Phi) is 6.12. The van der Waals surface area contributed by atoms with Crippen molar-refractivity contribution in [3.05, 3.63) is 59.7 Å². The van der Waals surface area contributed by atoms with E-state index in [1.54, 1.807) is 7.11 Å². The summed E-state index contributed by atoms with van der Waals surface area (Å²) in [5, 5.41) is 0. The van der Waals surface area contributed by atoms with Crippen LogP contribution in [0.15, 0.2) is 48.5 Å². The minimum absolute atomic E-state index is 0.0816. The maximum atomic E-state index is 12.7. The van der Waals surface area contributed by atoms with Gasteiger partial charge in [-0.2, -0.15) is 0 Å². The number of ether oxygens (including phenoxy) is 3. The van der Waals surface area contributed by atoms with Gasteiger partial charge in [0.2, 0.25) is 5.91 Å². The molecule has 5 heteroatoms. The summed E-state index contributed by atoms with van der Waals surface area (Å²) >= 11 is 0. The quantitative estimate of drug-likeness (QED) is 0.799. The molecule has 138 valence electrons. The van der Waals surface area contributed by atoms with E-state index in [0.717, 1.165) is 17.1 Å². The first-order chi connectivity index (χ1) is 12.7. The van der Waals surface area contributed by atoms with E-state index in [-0.39, 0.29) is 12.0 Å². The van der Waals surface area contributed by atoms with Gasteiger partial charge in [0, 0.05) is 12.1 Å². The lowest BCUT2D eigenvalue weighted by molar-refractivity contribution is -0.139. The van der Waals surface area contributed by atoms with E-state index in [1.165, 1.54) is 5.56 Å². The van der Waals surface area contributed by atoms with Crippen molar-refractivity contribution in [3.63, 3.8) is 0 Å². The molecule has 1 aliphatic rings. The minimum atomic E-state index is -0.119. The number of carbonyl (C=O) groups excluding carboxylic acids is 1. The van der Waals surface area contributed by atoms with Crippen molar-refractivity contribution in [1.29, 1.82) is 0 Å². The number of rotatable bonds is 6. The van der Waals surface area contributed by atoms with Crippen molar-refractivity contribution in [3.8, 4) is 11.5 Å². The predicted molar refractivity (Wildman–Crippen MR) is 99.7 cm³/mol. The molecule has 2 aromatic rings. The third-order valence-electron chi connectivity index (χ3n) is 4.48. The Labute approximate surface area is 154 Å². The Morgan fingerprint density at radius 3 is 2.73 bits per heavy atom. The van der Waals surface area contributed by atoms with E-state index < -0.39 is 0 Å². The van der Waals surface area contributed by atoms with E-state index in [4.69, 9.17) is 14.2 Å². The van der Waals surface area contributed by atoms with Crippen molar-refractivity contribution < 1.29 is 19.0 Å². The highest BCUT2D eigenvalue weighted by atomic mass is 16.5. The van der Waals surface area contributed by atoms with E-state index in [9.17, 15) is 4.79 Å². The monoisotopic (exact) mass is 355 g/mol. The van der Waals surface area contributed by atoms with Crippen molar-refractivity contribution in [2.24, 2.45) is 0 Å². The van der Waals surface area contributed by atoms with Crippen LogP contribution in [0.25, 0.3) is 0 Å². The van der Waals surface area contributed by atoms with Crippen LogP contribution in [0.5, 0.6) is 11.5 Å². The van der Waals surface area contributed by atoms with Gasteiger partial charge in [-0.1, -0.05) is 35.9 Å². The Balaban J connectivity index is 1.54. The lowest BCUT2D eigenvalue weighted by Crippen LogP contribution is -2.48. The zero-order valence-electron chi connectivity index (χ0n) is 15.3. The second-order valence-corrected chi connectivity index (χ2v) is 6.45. The smallest absolute Gasteiger partial charge is 0.227 e. The molecule has 2 aromatic carbocycles. The highest BCUT2D eigenvalue weighted by Crippen LogP contribution is 2.19. The first-order valence-corrected chi connectivity index (χ1v) is 8.86. The average Bonchev–Trinajstić information content (AvgIpc) is 2.68. The standard InChI is InChI=1S/C21H25NO4/c1-16-7-9-18(10-8-16)26-15-19-14-22(11-12-25-19)21(23)13-17-5-3-4-6-20(17)24-2/h3-10,19H,11-15H2,1-2H3. The summed E-state index contributed by atoms with van der Waals surface area (Å²) in [4.78, 5) is 14.5. The number of morpholine rings is 1. The van der Waals surface area contributed by atoms with Crippen LogP contribution in [-0.4, -0.2) is 50.3 Å². The first kappa shape index (κ1) is 18.3. The Morgan fingerprint density at radius 2 is 1.96 bits per heavy atom. The Morgan fingerprint density at radius 1 is 1.19 bits per heavy atom. The first-order valence-electron chi connectivity index (χ1n) is 8.86. The van der Waals surface area contributed by atoms with Crippen LogP contribution in [0.1, 0.15) is 11.1 Å². The number of methoxy groups -OCH3 is 1. The molecule has 1 unspecified atom stereocenters. The van der Waals surface area contributed by atoms with Gasteiger partial charge in [0.15, 0.2) is 0 Å². The van der Waals surface area contributed by atoms with Gasteiger partial charge in [0.1, 0.15) is 24.2 Å². The minimum Gasteiger partial charge on any atom is -0.496 e. The molecule has 0 N–H and O–H groups in total. The van der Waals surface area contributed by atoms with Gasteiger partial charge in [0.05, 0.1) is 26.7 Å². The van der Waals surface area contributed by atoms with E-state index >= 15 is 0 Å². The summed E-state index contributed by atoms with van der Waals surface area (Å²) in [6, 6.07) is 15.5. The van der Waals surface area contributed by atoms with Gasteiger partial charge in [-0.3, -0.25) is 4.79 Å². The lowest BCUT2D eigenvalue weighted by Gasteiger charge is -2.33. The number of carbonyl (C=O) groups is 1. The fourth-order valence-electron chi connectivity index (χ4n) is 2.99. The fourth-order valence-corrected chi connectivity index (χ4v) is 2.99. The molecular formula is C21H25NO4. The van der Waals surface area contributed by atoms with Crippen LogP contribution < -0.4 is 9.47 Å². The molecule has 0 aliphatic carbocycles. The molecule has 0 saturated carbocycles. The SMILES string of the molecule is COc1ccccc1CC(=O)N1CCOC(COc2ccc(C)cc2)C1. The van der Waals surface area contributed by atoms with E-state index in [1.807, 2.05) is 60.4 Å². The van der Waals surface area contributed by atoms with Gasteiger partial charge in [-0.05, 0) is 25.1 Å². The van der Waals surface area contributed by atoms with Crippen LogP contribution >= 0.6 is 0 Å². The number of para-hydroxylation sites is 1. The Bertz CT molecular complexity index is 729. The molecule has 1 atom stereocenters. The zero-order valence-corrected chi connectivity index (χ0v) is 15.3. The summed E-state index contributed by atoms with van der Waals surface area (Å²) < 4.78 is 16.9. The summed E-state index contributed by atoms with van der Waals surface area (Å²) in [7, 11) is 1.62. The number of amides is 1. The van der Waals surface area contributed by atoms with Gasteiger partial charge in [-0.25, -0.2) is 0 Å². The molecule has 1 amide bonds. The molecule has 26 heavy (non-hydrogen) atoms. The number of hydrogen-bond acceptors (Lipinski definition) is 4. The topological polar surface area (TPSA) is 48.0 Å². The summed E-state index contributed by atoms with van der Waals surface area (Å²) in [6.07, 6.45) is 0.210. The normalized spacial score (nSPS) is 17.0. The molecule has 1 fully saturated rings. The maximum absolute atomic E-state index is 12.7. The highest BCUT2D eigenvalue weighted by Gasteiger charge is 2.25. The van der Waals surface area contributed by atoms with E-state index in [0.29, 0.717) is 32.7 Å². The molecule has 0 bridgehead atoms. The molecule has 5 nitrogen and oxygen atoms in total. The Hall–Kier alpha value is -2.53. The number of hydrogen-bond donors (Lipinski definition) is 0. The van der Waals surface area contributed by atoms with Crippen molar-refractivity contribution in [2.75, 3.05) is 33.4 Å². The van der Waals surface area contributed by atoms with Gasteiger partial charge < -0.3 is 19.1 Å². The molecular weight excluding hydrogens is 330 g/mol. The maximum Gasteiger partial charge on any atom is 0.227 e. The van der Waals surface area contributed by atoms with Crippen molar-refractivity contribution in [1.82, 2.24) is 4.90 Å². The third kappa shape index (κ3) is 4.76. The van der Waals surface area contributed by atoms with Crippen LogP contribution in [-0.2, 0) is 16.0 Å². The second-order valence-electron chi connectivity index (χ2n) is 6.45. The lowest BCUT2D eigenvalue weighted by atomic mass is 10.1. The summed E-state index contributed by atoms with van der Waals surface area (Å²) in [6.45, 7) is 4.15. The molecule has 1 saturated heterocycles. The van der Waals surface area contributed by atoms with Gasteiger partial charge >= 0.3 is 0 Å². The van der Waals surface area contributed by atoms with Crippen molar-refractivity contribution in [2.45, 2.75) is 19.4 Å². The van der Waals surface area contributed by atoms with Crippen LogP contribution in [0.3, 0.4) is 0 Å². The molecule has 3 rings (SSSR count). The number of nitrogens with zero attached hydrogens (tertiary/aromatic N) is 1. The molecule has 0 aromatic heterocycles. The summed E-state index contributed by atoms with van der Waals surface area (Å²) in [5.74, 6) is 1.64. The van der Waals surface area contributed by atoms with Crippen molar-refractivity contribution >= 4 is 5.91 Å². The predicted octanol–water partition coefficient (Wildman–Crippen LogP) is 2.85. The number of benzene rings is 2. The third-order valence-corrected chi connectivity index (χ3v) is 4.48. The number of aryl methyl sites for hydroxylation is 1. The zero-order chi connectivity index (χ0) is 18.4. The second kappa shape index (κ2) is 8.72. The van der Waals surface area contributed by atoms with Crippen LogP contribution in [0.4, 0.5) is 0 Å². The van der Waals surface area contributed by atoms with E-state index in [2.05, 4.69) is 0 Å². The molecule has 0 radical (unpaired) electrons. The fraction of sp³-hybridized carbons (Fsp3) is 0.381. The van der Waals surface area contributed by atoms with Crippen LogP contribution in [0.2, 0.25) is 0 Å². The van der Waals surface area contributed by atoms with Crippen LogP contribution in [0, 0.1) is 6.92 Å². The molecule has 1 heterocycles. The summed E-state index contributed by atoms with van der Waals surface area (Å²) in [5.41, 5.74) is 2.10. The van der Waals surface area contributed by atoms with Gasteiger partial charge in [-0.15, -0.1) is 0 Å². The molecule has 1 aliphatic heterocycles. The largest absolute Gasteiger partial charge is 0.496 e. The molecule has 0 spiro atoms. The van der Waals surface area contributed by atoms with Gasteiger partial charge in [0.25, 0.3) is 0 Å². The average molecular weight is 355 g/mol.